The van der Waals surface area contributed by atoms with Crippen molar-refractivity contribution in [2.45, 2.75) is 38.8 Å². The highest BCUT2D eigenvalue weighted by Gasteiger charge is 2.28. The van der Waals surface area contributed by atoms with Crippen LogP contribution in [0.3, 0.4) is 0 Å². The van der Waals surface area contributed by atoms with Crippen LogP contribution in [0.25, 0.3) is 6.08 Å². The van der Waals surface area contributed by atoms with Crippen LogP contribution in [-0.4, -0.2) is 35.7 Å². The number of carboxylic acids is 1. The maximum atomic E-state index is 10.7. The molecule has 0 spiro atoms. The Morgan fingerprint density at radius 2 is 2.24 bits per heavy atom. The van der Waals surface area contributed by atoms with Crippen LogP contribution in [0, 0.1) is 0 Å². The topological polar surface area (TPSA) is 49.8 Å². The highest BCUT2D eigenvalue weighted by atomic mass is 16.5. The lowest BCUT2D eigenvalue weighted by Crippen LogP contribution is -2.26. The van der Waals surface area contributed by atoms with Crippen LogP contribution in [0.15, 0.2) is 24.3 Å². The van der Waals surface area contributed by atoms with Gasteiger partial charge in [0.1, 0.15) is 5.75 Å². The third-order valence-electron chi connectivity index (χ3n) is 3.66. The molecule has 0 aromatic heterocycles. The molecule has 0 heterocycles. The van der Waals surface area contributed by atoms with E-state index in [0.29, 0.717) is 5.75 Å². The van der Waals surface area contributed by atoms with Crippen molar-refractivity contribution in [3.8, 4) is 5.75 Å². The fourth-order valence-corrected chi connectivity index (χ4v) is 2.53. The third kappa shape index (κ3) is 4.60. The SMILES string of the molecule is CCCN(Cc1ccc(OC)c(C=CC(=O)O)c1)C1CC1. The largest absolute Gasteiger partial charge is 0.496 e. The molecule has 1 saturated carbocycles. The molecule has 0 aliphatic heterocycles. The summed E-state index contributed by atoms with van der Waals surface area (Å²) in [5.74, 6) is -0.252. The van der Waals surface area contributed by atoms with Crippen LogP contribution in [0.5, 0.6) is 5.75 Å². The number of hydrogen-bond donors (Lipinski definition) is 1. The first-order valence-electron chi connectivity index (χ1n) is 7.46. The smallest absolute Gasteiger partial charge is 0.328 e. The molecule has 0 atom stereocenters. The van der Waals surface area contributed by atoms with Gasteiger partial charge in [-0.2, -0.15) is 0 Å². The van der Waals surface area contributed by atoms with Gasteiger partial charge in [0.25, 0.3) is 0 Å². The molecule has 0 radical (unpaired) electrons. The van der Waals surface area contributed by atoms with Gasteiger partial charge in [0.15, 0.2) is 0 Å². The maximum absolute atomic E-state index is 10.7. The van der Waals surface area contributed by atoms with Crippen molar-refractivity contribution in [3.63, 3.8) is 0 Å². The van der Waals surface area contributed by atoms with E-state index in [1.807, 2.05) is 12.1 Å². The number of methoxy groups -OCH3 is 1. The summed E-state index contributed by atoms with van der Waals surface area (Å²) in [5, 5.41) is 8.77. The van der Waals surface area contributed by atoms with Gasteiger partial charge >= 0.3 is 5.97 Å². The zero-order chi connectivity index (χ0) is 15.2. The summed E-state index contributed by atoms with van der Waals surface area (Å²) in [6.07, 6.45) is 6.47. The second-order valence-electron chi connectivity index (χ2n) is 5.45. The van der Waals surface area contributed by atoms with Gasteiger partial charge in [-0.15, -0.1) is 0 Å². The van der Waals surface area contributed by atoms with E-state index >= 15 is 0 Å². The lowest BCUT2D eigenvalue weighted by atomic mass is 10.1. The number of carboxylic acid groups (broad SMARTS) is 1. The summed E-state index contributed by atoms with van der Waals surface area (Å²) < 4.78 is 5.29. The van der Waals surface area contributed by atoms with E-state index < -0.39 is 5.97 Å². The summed E-state index contributed by atoms with van der Waals surface area (Å²) in [5.41, 5.74) is 2.01. The summed E-state index contributed by atoms with van der Waals surface area (Å²) in [4.78, 5) is 13.2. The molecule has 4 nitrogen and oxygen atoms in total. The molecule has 0 amide bonds. The second-order valence-corrected chi connectivity index (χ2v) is 5.45. The summed E-state index contributed by atoms with van der Waals surface area (Å²) >= 11 is 0. The Morgan fingerprint density at radius 1 is 1.48 bits per heavy atom. The van der Waals surface area contributed by atoms with Gasteiger partial charge in [0.05, 0.1) is 7.11 Å². The maximum Gasteiger partial charge on any atom is 0.328 e. The van der Waals surface area contributed by atoms with Gasteiger partial charge in [0, 0.05) is 24.2 Å². The Kier molecular flexibility index (Phi) is 5.39. The molecule has 0 bridgehead atoms. The van der Waals surface area contributed by atoms with Crippen molar-refractivity contribution in [3.05, 3.63) is 35.4 Å². The summed E-state index contributed by atoms with van der Waals surface area (Å²) in [6.45, 7) is 4.22. The van der Waals surface area contributed by atoms with Crippen LogP contribution in [0.1, 0.15) is 37.3 Å². The zero-order valence-electron chi connectivity index (χ0n) is 12.7. The predicted molar refractivity (Wildman–Crippen MR) is 83.4 cm³/mol. The van der Waals surface area contributed by atoms with Crippen molar-refractivity contribution in [1.29, 1.82) is 0 Å². The first-order valence-corrected chi connectivity index (χ1v) is 7.46. The molecular formula is C17H23NO3. The third-order valence-corrected chi connectivity index (χ3v) is 3.66. The minimum absolute atomic E-state index is 0.699. The fraction of sp³-hybridized carbons (Fsp3) is 0.471. The molecule has 4 heteroatoms. The molecular weight excluding hydrogens is 266 g/mol. The van der Waals surface area contributed by atoms with Gasteiger partial charge in [-0.3, -0.25) is 4.90 Å². The normalized spacial score (nSPS) is 14.8. The van der Waals surface area contributed by atoms with E-state index in [1.54, 1.807) is 13.2 Å². The van der Waals surface area contributed by atoms with E-state index in [-0.39, 0.29) is 0 Å². The molecule has 1 aromatic rings. The van der Waals surface area contributed by atoms with E-state index in [0.717, 1.165) is 37.2 Å². The first-order chi connectivity index (χ1) is 10.1. The van der Waals surface area contributed by atoms with Crippen LogP contribution in [0.2, 0.25) is 0 Å². The first kappa shape index (κ1) is 15.6. The monoisotopic (exact) mass is 289 g/mol. The summed E-state index contributed by atoms with van der Waals surface area (Å²) in [6, 6.07) is 6.71. The fourth-order valence-electron chi connectivity index (χ4n) is 2.53. The minimum atomic E-state index is -0.951. The van der Waals surface area contributed by atoms with Crippen molar-refractivity contribution in [1.82, 2.24) is 4.90 Å². The number of carbonyl (C=O) groups is 1. The lowest BCUT2D eigenvalue weighted by Gasteiger charge is -2.21. The highest BCUT2D eigenvalue weighted by molar-refractivity contribution is 5.86. The molecule has 1 aliphatic carbocycles. The Bertz CT molecular complexity index is 521. The highest BCUT2D eigenvalue weighted by Crippen LogP contribution is 2.29. The Morgan fingerprint density at radius 3 is 2.81 bits per heavy atom. The van der Waals surface area contributed by atoms with Crippen LogP contribution in [0.4, 0.5) is 0 Å². The zero-order valence-corrected chi connectivity index (χ0v) is 12.7. The van der Waals surface area contributed by atoms with E-state index in [9.17, 15) is 4.79 Å². The van der Waals surface area contributed by atoms with Gasteiger partial charge in [-0.25, -0.2) is 4.79 Å². The Hall–Kier alpha value is -1.81. The second kappa shape index (κ2) is 7.27. The molecule has 114 valence electrons. The lowest BCUT2D eigenvalue weighted by molar-refractivity contribution is -0.131. The number of hydrogen-bond acceptors (Lipinski definition) is 3. The number of aliphatic carboxylic acids is 1. The van der Waals surface area contributed by atoms with E-state index in [4.69, 9.17) is 9.84 Å². The quantitative estimate of drug-likeness (QED) is 0.747. The van der Waals surface area contributed by atoms with Crippen LogP contribution >= 0.6 is 0 Å². The van der Waals surface area contributed by atoms with Crippen molar-refractivity contribution >= 4 is 12.0 Å². The molecule has 21 heavy (non-hydrogen) atoms. The molecule has 0 saturated heterocycles. The number of rotatable bonds is 8. The molecule has 1 fully saturated rings. The van der Waals surface area contributed by atoms with Gasteiger partial charge < -0.3 is 9.84 Å². The molecule has 0 unspecified atom stereocenters. The molecule has 1 aromatic carbocycles. The summed E-state index contributed by atoms with van der Waals surface area (Å²) in [7, 11) is 1.60. The van der Waals surface area contributed by atoms with Gasteiger partial charge in [0.2, 0.25) is 0 Å². The van der Waals surface area contributed by atoms with E-state index in [1.165, 1.54) is 18.4 Å². The van der Waals surface area contributed by atoms with Gasteiger partial charge in [-0.05, 0) is 49.6 Å². The Balaban J connectivity index is 2.15. The van der Waals surface area contributed by atoms with Crippen LogP contribution in [-0.2, 0) is 11.3 Å². The molecule has 1 aliphatic rings. The van der Waals surface area contributed by atoms with Crippen molar-refractivity contribution in [2.24, 2.45) is 0 Å². The minimum Gasteiger partial charge on any atom is -0.496 e. The van der Waals surface area contributed by atoms with Crippen LogP contribution < -0.4 is 4.74 Å². The van der Waals surface area contributed by atoms with Crippen molar-refractivity contribution in [2.75, 3.05) is 13.7 Å². The average Bonchev–Trinajstić information content (AvgIpc) is 3.29. The Labute approximate surface area is 126 Å². The predicted octanol–water partition coefficient (Wildman–Crippen LogP) is 3.17. The molecule has 2 rings (SSSR count). The van der Waals surface area contributed by atoms with Gasteiger partial charge in [-0.1, -0.05) is 13.0 Å². The standard InChI is InChI=1S/C17H23NO3/c1-3-10-18(15-6-7-15)12-13-4-8-16(21-2)14(11-13)5-9-17(19)20/h4-5,8-9,11,15H,3,6-7,10,12H2,1-2H3,(H,19,20). The average molecular weight is 289 g/mol. The molecule has 1 N–H and O–H groups in total. The number of nitrogens with zero attached hydrogens (tertiary/aromatic N) is 1. The number of ether oxygens (including phenoxy) is 1. The number of benzene rings is 1. The van der Waals surface area contributed by atoms with E-state index in [2.05, 4.69) is 17.9 Å². The van der Waals surface area contributed by atoms with Crippen molar-refractivity contribution < 1.29 is 14.6 Å².